The molecular formula is C16H17N3O2. The molecule has 1 aliphatic carbocycles. The summed E-state index contributed by atoms with van der Waals surface area (Å²) in [6, 6.07) is 11.8. The minimum atomic E-state index is 0.0280. The molecule has 5 nitrogen and oxygen atoms in total. The van der Waals surface area contributed by atoms with Gasteiger partial charge in [-0.2, -0.15) is 0 Å². The molecule has 0 fully saturated rings. The number of benzene rings is 1. The topological polar surface area (TPSA) is 80.7 Å². The molecule has 3 rings (SSSR count). The fourth-order valence-corrected chi connectivity index (χ4v) is 2.53. The predicted octanol–water partition coefficient (Wildman–Crippen LogP) is 2.24. The van der Waals surface area contributed by atoms with Gasteiger partial charge in [0.05, 0.1) is 5.56 Å². The number of hydrogen-bond acceptors (Lipinski definition) is 4. The maximum absolute atomic E-state index is 8.93. The average molecular weight is 283 g/mol. The van der Waals surface area contributed by atoms with Gasteiger partial charge >= 0.3 is 0 Å². The van der Waals surface area contributed by atoms with E-state index in [1.54, 1.807) is 0 Å². The van der Waals surface area contributed by atoms with Gasteiger partial charge in [-0.25, -0.2) is 4.98 Å². The van der Waals surface area contributed by atoms with Crippen LogP contribution >= 0.6 is 0 Å². The Labute approximate surface area is 123 Å². The molecule has 3 N–H and O–H groups in total. The number of fused-ring (bicyclic) bond motifs is 1. The maximum Gasteiger partial charge on any atom is 0.225 e. The highest BCUT2D eigenvalue weighted by Gasteiger charge is 2.19. The summed E-state index contributed by atoms with van der Waals surface area (Å²) in [6.45, 7) is 0.401. The molecule has 0 aliphatic heterocycles. The van der Waals surface area contributed by atoms with Gasteiger partial charge in [0.1, 0.15) is 6.61 Å². The number of nitrogens with two attached hydrogens (primary N) is 1. The predicted molar refractivity (Wildman–Crippen MR) is 79.5 cm³/mol. The Bertz CT molecular complexity index is 669. The van der Waals surface area contributed by atoms with Crippen LogP contribution in [-0.4, -0.2) is 16.0 Å². The van der Waals surface area contributed by atoms with Gasteiger partial charge in [-0.15, -0.1) is 0 Å². The fraction of sp³-hybridized carbons (Fsp3) is 0.250. The fourth-order valence-electron chi connectivity index (χ4n) is 2.53. The maximum atomic E-state index is 8.93. The summed E-state index contributed by atoms with van der Waals surface area (Å²) in [7, 11) is 0. The van der Waals surface area contributed by atoms with Gasteiger partial charge in [0.25, 0.3) is 0 Å². The first kappa shape index (κ1) is 13.4. The van der Waals surface area contributed by atoms with Crippen LogP contribution < -0.4 is 10.5 Å². The lowest BCUT2D eigenvalue weighted by atomic mass is 10.1. The molecule has 0 spiro atoms. The van der Waals surface area contributed by atoms with Crippen molar-refractivity contribution in [2.24, 2.45) is 10.9 Å². The highest BCUT2D eigenvalue weighted by Crippen LogP contribution is 2.27. The molecule has 5 heteroatoms. The third-order valence-corrected chi connectivity index (χ3v) is 3.62. The molecule has 1 aromatic carbocycles. The van der Waals surface area contributed by atoms with E-state index < -0.39 is 0 Å². The molecule has 2 aromatic rings. The third kappa shape index (κ3) is 2.81. The second-order valence-electron chi connectivity index (χ2n) is 5.06. The van der Waals surface area contributed by atoms with E-state index >= 15 is 0 Å². The summed E-state index contributed by atoms with van der Waals surface area (Å²) in [5.74, 6) is 0.454. The number of nitrogens with zero attached hydrogens (tertiary/aromatic N) is 2. The minimum Gasteiger partial charge on any atom is -0.472 e. The lowest BCUT2D eigenvalue weighted by Gasteiger charge is -2.12. The van der Waals surface area contributed by atoms with Gasteiger partial charge in [-0.1, -0.05) is 35.5 Å². The zero-order valence-corrected chi connectivity index (χ0v) is 11.6. The molecule has 108 valence electrons. The van der Waals surface area contributed by atoms with Gasteiger partial charge in [0.2, 0.25) is 5.88 Å². The summed E-state index contributed by atoms with van der Waals surface area (Å²) in [6.07, 6.45) is 3.01. The average Bonchev–Trinajstić information content (AvgIpc) is 2.99. The Morgan fingerprint density at radius 1 is 1.29 bits per heavy atom. The molecule has 0 radical (unpaired) electrons. The first-order chi connectivity index (χ1) is 10.3. The van der Waals surface area contributed by atoms with E-state index in [-0.39, 0.29) is 5.84 Å². The Hall–Kier alpha value is -2.56. The third-order valence-electron chi connectivity index (χ3n) is 3.62. The summed E-state index contributed by atoms with van der Waals surface area (Å²) in [5.41, 5.74) is 9.54. The highest BCUT2D eigenvalue weighted by atomic mass is 16.5. The first-order valence-electron chi connectivity index (χ1n) is 6.95. The van der Waals surface area contributed by atoms with E-state index in [0.717, 1.165) is 36.1 Å². The Morgan fingerprint density at radius 2 is 2.10 bits per heavy atom. The van der Waals surface area contributed by atoms with E-state index in [1.807, 2.05) is 36.4 Å². The zero-order valence-electron chi connectivity index (χ0n) is 11.6. The smallest absolute Gasteiger partial charge is 0.225 e. The number of amidine groups is 1. The van der Waals surface area contributed by atoms with Crippen LogP contribution in [0.15, 0.2) is 41.6 Å². The number of oxime groups is 1. The molecule has 0 saturated heterocycles. The largest absolute Gasteiger partial charge is 0.472 e. The molecular weight excluding hydrogens is 266 g/mol. The molecule has 1 aliphatic rings. The van der Waals surface area contributed by atoms with E-state index in [9.17, 15) is 0 Å². The molecule has 0 atom stereocenters. The molecule has 0 unspecified atom stereocenters. The van der Waals surface area contributed by atoms with Crippen molar-refractivity contribution in [2.45, 2.75) is 25.9 Å². The van der Waals surface area contributed by atoms with Crippen molar-refractivity contribution in [1.29, 1.82) is 0 Å². The summed E-state index contributed by atoms with van der Waals surface area (Å²) in [5, 5.41) is 12.0. The van der Waals surface area contributed by atoms with Crippen molar-refractivity contribution in [3.8, 4) is 5.88 Å². The number of pyridine rings is 1. The lowest BCUT2D eigenvalue weighted by molar-refractivity contribution is 0.291. The first-order valence-corrected chi connectivity index (χ1v) is 6.95. The monoisotopic (exact) mass is 283 g/mol. The van der Waals surface area contributed by atoms with Crippen LogP contribution in [0.4, 0.5) is 0 Å². The highest BCUT2D eigenvalue weighted by molar-refractivity contribution is 5.99. The van der Waals surface area contributed by atoms with E-state index in [4.69, 9.17) is 15.7 Å². The summed E-state index contributed by atoms with van der Waals surface area (Å²) < 4.78 is 5.79. The molecule has 1 heterocycles. The second kappa shape index (κ2) is 5.83. The van der Waals surface area contributed by atoms with Crippen LogP contribution in [0.2, 0.25) is 0 Å². The number of aromatic nitrogens is 1. The van der Waals surface area contributed by atoms with E-state index in [2.05, 4.69) is 10.1 Å². The van der Waals surface area contributed by atoms with E-state index in [0.29, 0.717) is 18.1 Å². The van der Waals surface area contributed by atoms with Gasteiger partial charge < -0.3 is 15.7 Å². The van der Waals surface area contributed by atoms with Crippen LogP contribution in [0.1, 0.15) is 28.8 Å². The normalized spacial score (nSPS) is 14.0. The molecule has 1 aromatic heterocycles. The Balaban J connectivity index is 1.89. The van der Waals surface area contributed by atoms with Crippen LogP contribution in [0.3, 0.4) is 0 Å². The van der Waals surface area contributed by atoms with Crippen LogP contribution in [-0.2, 0) is 19.4 Å². The van der Waals surface area contributed by atoms with Crippen LogP contribution in [0.5, 0.6) is 5.88 Å². The van der Waals surface area contributed by atoms with Crippen molar-refractivity contribution in [1.82, 2.24) is 4.98 Å². The van der Waals surface area contributed by atoms with Crippen molar-refractivity contribution < 1.29 is 9.94 Å². The molecule has 0 amide bonds. The second-order valence-corrected chi connectivity index (χ2v) is 5.06. The number of hydrogen-bond donors (Lipinski definition) is 2. The van der Waals surface area contributed by atoms with Gasteiger partial charge in [-0.3, -0.25) is 0 Å². The van der Waals surface area contributed by atoms with E-state index in [1.165, 1.54) is 0 Å². The summed E-state index contributed by atoms with van der Waals surface area (Å²) >= 11 is 0. The number of aryl methyl sites for hydroxylation is 2. The Morgan fingerprint density at radius 3 is 2.86 bits per heavy atom. The minimum absolute atomic E-state index is 0.0280. The van der Waals surface area contributed by atoms with Gasteiger partial charge in [0, 0.05) is 5.69 Å². The van der Waals surface area contributed by atoms with Crippen molar-refractivity contribution >= 4 is 5.84 Å². The van der Waals surface area contributed by atoms with Crippen LogP contribution in [0, 0.1) is 0 Å². The molecule has 21 heavy (non-hydrogen) atoms. The van der Waals surface area contributed by atoms with Gasteiger partial charge in [-0.05, 0) is 36.5 Å². The zero-order chi connectivity index (χ0) is 14.7. The quantitative estimate of drug-likeness (QED) is 0.390. The van der Waals surface area contributed by atoms with Crippen LogP contribution in [0.25, 0.3) is 0 Å². The van der Waals surface area contributed by atoms with Crippen molar-refractivity contribution in [2.75, 3.05) is 0 Å². The number of rotatable bonds is 4. The molecule has 0 bridgehead atoms. The van der Waals surface area contributed by atoms with Gasteiger partial charge in [0.15, 0.2) is 5.84 Å². The summed E-state index contributed by atoms with van der Waals surface area (Å²) in [4.78, 5) is 4.54. The SMILES string of the molecule is NC(=NO)c1cc2c(nc1OCc1ccccc1)CCC2. The lowest BCUT2D eigenvalue weighted by Crippen LogP contribution is -2.16. The van der Waals surface area contributed by atoms with Crippen molar-refractivity contribution in [3.05, 3.63) is 58.8 Å². The standard InChI is InChI=1S/C16H17N3O2/c17-15(19-20)13-9-12-7-4-8-14(12)18-16(13)21-10-11-5-2-1-3-6-11/h1-3,5-6,9,20H,4,7-8,10H2,(H2,17,19). The Kier molecular flexibility index (Phi) is 3.73. The number of ether oxygens (including phenoxy) is 1. The van der Waals surface area contributed by atoms with Crippen molar-refractivity contribution in [3.63, 3.8) is 0 Å². The molecule has 0 saturated carbocycles.